The second kappa shape index (κ2) is 7.98. The summed E-state index contributed by atoms with van der Waals surface area (Å²) in [6.45, 7) is 1.06. The van der Waals surface area contributed by atoms with Gasteiger partial charge in [0.1, 0.15) is 5.75 Å². The van der Waals surface area contributed by atoms with Gasteiger partial charge in [-0.2, -0.15) is 0 Å². The molecular formula is C17H21NOS. The van der Waals surface area contributed by atoms with Crippen LogP contribution in [0.25, 0.3) is 0 Å². The summed E-state index contributed by atoms with van der Waals surface area (Å²) in [5, 5.41) is 3.19. The van der Waals surface area contributed by atoms with Gasteiger partial charge >= 0.3 is 0 Å². The lowest BCUT2D eigenvalue weighted by Crippen LogP contribution is -2.08. The van der Waals surface area contributed by atoms with Crippen LogP contribution in [-0.2, 0) is 6.42 Å². The third-order valence-corrected chi connectivity index (χ3v) is 4.13. The summed E-state index contributed by atoms with van der Waals surface area (Å²) >= 11 is 1.75. The molecule has 2 rings (SSSR count). The van der Waals surface area contributed by atoms with Crippen molar-refractivity contribution in [3.8, 4) is 5.75 Å². The Morgan fingerprint density at radius 2 is 1.95 bits per heavy atom. The van der Waals surface area contributed by atoms with Gasteiger partial charge in [-0.15, -0.1) is 0 Å². The fraction of sp³-hybridized carbons (Fsp3) is 0.294. The molecule has 0 saturated carbocycles. The maximum absolute atomic E-state index is 5.40. The number of aryl methyl sites for hydroxylation is 1. The van der Waals surface area contributed by atoms with E-state index in [-0.39, 0.29) is 0 Å². The Kier molecular flexibility index (Phi) is 5.96. The average Bonchev–Trinajstić information content (AvgIpc) is 2.48. The highest BCUT2D eigenvalue weighted by atomic mass is 32.2. The average molecular weight is 287 g/mol. The van der Waals surface area contributed by atoms with Crippen molar-refractivity contribution in [3.63, 3.8) is 0 Å². The Labute approximate surface area is 125 Å². The molecule has 0 aliphatic rings. The summed E-state index contributed by atoms with van der Waals surface area (Å²) in [5.74, 6) is 0.929. The molecule has 0 amide bonds. The van der Waals surface area contributed by atoms with Gasteiger partial charge in [0.25, 0.3) is 0 Å². The van der Waals surface area contributed by atoms with E-state index in [9.17, 15) is 0 Å². The second-order valence-electron chi connectivity index (χ2n) is 4.61. The summed E-state index contributed by atoms with van der Waals surface area (Å²) < 4.78 is 5.40. The Morgan fingerprint density at radius 1 is 1.10 bits per heavy atom. The summed E-state index contributed by atoms with van der Waals surface area (Å²) in [6, 6.07) is 16.9. The van der Waals surface area contributed by atoms with Crippen molar-refractivity contribution in [1.29, 1.82) is 0 Å². The van der Waals surface area contributed by atoms with Gasteiger partial charge in [-0.05, 0) is 56.3 Å². The Bertz CT molecular complexity index is 542. The predicted molar refractivity (Wildman–Crippen MR) is 85.8 cm³/mol. The number of ether oxygens (including phenoxy) is 1. The van der Waals surface area contributed by atoms with Crippen molar-refractivity contribution in [3.05, 3.63) is 54.1 Å². The molecule has 2 aromatic rings. The van der Waals surface area contributed by atoms with Gasteiger partial charge in [-0.25, -0.2) is 0 Å². The van der Waals surface area contributed by atoms with Crippen LogP contribution in [0.3, 0.4) is 0 Å². The molecule has 0 radical (unpaired) electrons. The molecule has 106 valence electrons. The monoisotopic (exact) mass is 287 g/mol. The Balaban J connectivity index is 2.07. The minimum Gasteiger partial charge on any atom is -0.496 e. The largest absolute Gasteiger partial charge is 0.496 e. The molecule has 2 nitrogen and oxygen atoms in total. The molecule has 0 atom stereocenters. The molecule has 0 aromatic heterocycles. The van der Waals surface area contributed by atoms with Gasteiger partial charge in [0, 0.05) is 4.90 Å². The zero-order chi connectivity index (χ0) is 14.2. The number of nitrogens with one attached hydrogen (secondary N) is 1. The molecule has 0 heterocycles. The lowest BCUT2D eigenvalue weighted by molar-refractivity contribution is 0.405. The molecule has 0 aliphatic heterocycles. The van der Waals surface area contributed by atoms with Crippen LogP contribution in [0.2, 0.25) is 0 Å². The van der Waals surface area contributed by atoms with Crippen LogP contribution in [0.1, 0.15) is 12.0 Å². The summed E-state index contributed by atoms with van der Waals surface area (Å²) in [4.78, 5) is 2.42. The second-order valence-corrected chi connectivity index (χ2v) is 5.72. The fourth-order valence-corrected chi connectivity index (χ4v) is 3.07. The van der Waals surface area contributed by atoms with E-state index in [1.54, 1.807) is 18.9 Å². The molecule has 0 unspecified atom stereocenters. The first-order valence-electron chi connectivity index (χ1n) is 6.88. The molecule has 0 fully saturated rings. The Morgan fingerprint density at radius 3 is 2.75 bits per heavy atom. The third kappa shape index (κ3) is 4.29. The molecule has 0 saturated heterocycles. The zero-order valence-electron chi connectivity index (χ0n) is 12.1. The van der Waals surface area contributed by atoms with Crippen LogP contribution in [0.4, 0.5) is 0 Å². The van der Waals surface area contributed by atoms with Gasteiger partial charge in [0.2, 0.25) is 0 Å². The normalized spacial score (nSPS) is 10.5. The number of methoxy groups -OCH3 is 1. The molecule has 3 heteroatoms. The standard InChI is InChI=1S/C17H21NOS/c1-18-12-6-8-14-7-5-9-15(13-14)20-17-11-4-3-10-16(17)19-2/h3-5,7,9-11,13,18H,6,8,12H2,1-2H3. The minimum absolute atomic E-state index is 0.929. The summed E-state index contributed by atoms with van der Waals surface area (Å²) in [6.07, 6.45) is 2.28. The van der Waals surface area contributed by atoms with Crippen LogP contribution in [0.5, 0.6) is 5.75 Å². The molecule has 0 bridgehead atoms. The van der Waals surface area contributed by atoms with E-state index in [1.165, 1.54) is 16.9 Å². The van der Waals surface area contributed by atoms with Crippen molar-refractivity contribution >= 4 is 11.8 Å². The zero-order valence-corrected chi connectivity index (χ0v) is 12.9. The first kappa shape index (κ1) is 14.9. The summed E-state index contributed by atoms with van der Waals surface area (Å²) in [5.41, 5.74) is 1.39. The van der Waals surface area contributed by atoms with Crippen molar-refractivity contribution in [2.24, 2.45) is 0 Å². The first-order valence-corrected chi connectivity index (χ1v) is 7.69. The van der Waals surface area contributed by atoms with Crippen LogP contribution in [0, 0.1) is 0 Å². The van der Waals surface area contributed by atoms with Crippen molar-refractivity contribution in [2.45, 2.75) is 22.6 Å². The SMILES string of the molecule is CNCCCc1cccc(Sc2ccccc2OC)c1. The van der Waals surface area contributed by atoms with Gasteiger partial charge in [0.05, 0.1) is 12.0 Å². The van der Waals surface area contributed by atoms with E-state index in [0.29, 0.717) is 0 Å². The Hall–Kier alpha value is -1.45. The van der Waals surface area contributed by atoms with Crippen molar-refractivity contribution in [1.82, 2.24) is 5.32 Å². The number of hydrogen-bond donors (Lipinski definition) is 1. The van der Waals surface area contributed by atoms with E-state index < -0.39 is 0 Å². The molecular weight excluding hydrogens is 266 g/mol. The lowest BCUT2D eigenvalue weighted by atomic mass is 10.1. The van der Waals surface area contributed by atoms with E-state index in [1.807, 2.05) is 25.2 Å². The molecule has 1 N–H and O–H groups in total. The van der Waals surface area contributed by atoms with E-state index in [0.717, 1.165) is 23.6 Å². The highest BCUT2D eigenvalue weighted by Gasteiger charge is 2.04. The maximum Gasteiger partial charge on any atom is 0.132 e. The molecule has 0 spiro atoms. The van der Waals surface area contributed by atoms with Crippen LogP contribution in [0.15, 0.2) is 58.3 Å². The number of para-hydroxylation sites is 1. The van der Waals surface area contributed by atoms with Crippen LogP contribution in [-0.4, -0.2) is 20.7 Å². The lowest BCUT2D eigenvalue weighted by Gasteiger charge is -2.09. The van der Waals surface area contributed by atoms with Gasteiger partial charge < -0.3 is 10.1 Å². The van der Waals surface area contributed by atoms with Crippen molar-refractivity contribution in [2.75, 3.05) is 20.7 Å². The van der Waals surface area contributed by atoms with Crippen LogP contribution < -0.4 is 10.1 Å². The van der Waals surface area contributed by atoms with Gasteiger partial charge in [-0.3, -0.25) is 0 Å². The predicted octanol–water partition coefficient (Wildman–Crippen LogP) is 4.00. The van der Waals surface area contributed by atoms with Crippen LogP contribution >= 0.6 is 11.8 Å². The smallest absolute Gasteiger partial charge is 0.132 e. The third-order valence-electron chi connectivity index (χ3n) is 3.09. The van der Waals surface area contributed by atoms with Gasteiger partial charge in [-0.1, -0.05) is 36.0 Å². The quantitative estimate of drug-likeness (QED) is 0.778. The topological polar surface area (TPSA) is 21.3 Å². The first-order chi connectivity index (χ1) is 9.83. The number of benzene rings is 2. The maximum atomic E-state index is 5.40. The van der Waals surface area contributed by atoms with Gasteiger partial charge in [0.15, 0.2) is 0 Å². The number of rotatable bonds is 7. The molecule has 0 aliphatic carbocycles. The highest BCUT2D eigenvalue weighted by Crippen LogP contribution is 2.34. The molecule has 2 aromatic carbocycles. The summed E-state index contributed by atoms with van der Waals surface area (Å²) in [7, 11) is 3.71. The minimum atomic E-state index is 0.929. The highest BCUT2D eigenvalue weighted by molar-refractivity contribution is 7.99. The molecule has 20 heavy (non-hydrogen) atoms. The van der Waals surface area contributed by atoms with E-state index in [2.05, 4.69) is 35.6 Å². The van der Waals surface area contributed by atoms with E-state index >= 15 is 0 Å². The van der Waals surface area contributed by atoms with Crippen molar-refractivity contribution < 1.29 is 4.74 Å². The number of hydrogen-bond acceptors (Lipinski definition) is 3. The fourth-order valence-electron chi connectivity index (χ4n) is 2.06. The van der Waals surface area contributed by atoms with E-state index in [4.69, 9.17) is 4.74 Å².